The molecule has 2 rings (SSSR count). The molecule has 2 amide bonds. The molecule has 0 bridgehead atoms. The maximum atomic E-state index is 14.3. The summed E-state index contributed by atoms with van der Waals surface area (Å²) < 4.78 is 40.1. The first-order valence-corrected chi connectivity index (χ1v) is 13.2. The van der Waals surface area contributed by atoms with Gasteiger partial charge < -0.3 is 10.2 Å². The van der Waals surface area contributed by atoms with Crippen LogP contribution in [-0.2, 0) is 26.2 Å². The van der Waals surface area contributed by atoms with Gasteiger partial charge in [0.1, 0.15) is 11.9 Å². The fourth-order valence-electron chi connectivity index (χ4n) is 3.43. The van der Waals surface area contributed by atoms with E-state index in [0.29, 0.717) is 10.7 Å². The van der Waals surface area contributed by atoms with Crippen molar-refractivity contribution in [3.05, 3.63) is 64.9 Å². The minimum Gasteiger partial charge on any atom is -0.352 e. The van der Waals surface area contributed by atoms with Gasteiger partial charge in [0.2, 0.25) is 21.8 Å². The van der Waals surface area contributed by atoms with E-state index in [1.54, 1.807) is 43.3 Å². The Morgan fingerprint density at radius 3 is 2.35 bits per heavy atom. The van der Waals surface area contributed by atoms with Gasteiger partial charge in [-0.05, 0) is 51.5 Å². The van der Waals surface area contributed by atoms with E-state index < -0.39 is 21.9 Å². The molecule has 0 aliphatic carbocycles. The van der Waals surface area contributed by atoms with Crippen molar-refractivity contribution < 1.29 is 22.4 Å². The number of sulfonamides is 1. The minimum atomic E-state index is -3.61. The van der Waals surface area contributed by atoms with Crippen LogP contribution in [0.25, 0.3) is 0 Å². The van der Waals surface area contributed by atoms with Crippen LogP contribution in [0.2, 0.25) is 5.02 Å². The third-order valence-electron chi connectivity index (χ3n) is 5.15. The Morgan fingerprint density at radius 1 is 1.09 bits per heavy atom. The highest BCUT2D eigenvalue weighted by atomic mass is 35.5. The molecule has 0 saturated heterocycles. The van der Waals surface area contributed by atoms with E-state index in [9.17, 15) is 22.4 Å². The summed E-state index contributed by atoms with van der Waals surface area (Å²) in [7, 11) is -3.61. The maximum absolute atomic E-state index is 14.3. The standard InChI is InChI=1S/C24H31ClFN3O4S/c1-17(2)27-24(31)18(3)28(16-19-9-5-6-12-22(19)26)23(30)13-8-14-29(34(4,32)33)21-11-7-10-20(25)15-21/h5-7,9-12,15,17-18H,8,13-14,16H2,1-4H3,(H,27,31)/t18-/m1/s1. The summed E-state index contributed by atoms with van der Waals surface area (Å²) in [5.41, 5.74) is 0.687. The lowest BCUT2D eigenvalue weighted by atomic mass is 10.1. The number of hydrogen-bond acceptors (Lipinski definition) is 4. The topological polar surface area (TPSA) is 86.8 Å². The van der Waals surface area contributed by atoms with Gasteiger partial charge >= 0.3 is 0 Å². The van der Waals surface area contributed by atoms with E-state index in [4.69, 9.17) is 11.6 Å². The number of rotatable bonds is 11. The number of benzene rings is 2. The largest absolute Gasteiger partial charge is 0.352 e. The lowest BCUT2D eigenvalue weighted by Crippen LogP contribution is -2.49. The highest BCUT2D eigenvalue weighted by Crippen LogP contribution is 2.23. The number of halogens is 2. The number of anilines is 1. The van der Waals surface area contributed by atoms with Crippen LogP contribution in [-0.4, -0.2) is 50.0 Å². The Balaban J connectivity index is 2.18. The van der Waals surface area contributed by atoms with Crippen molar-refractivity contribution in [3.63, 3.8) is 0 Å². The Hall–Kier alpha value is -2.65. The van der Waals surface area contributed by atoms with Crippen LogP contribution in [0.15, 0.2) is 48.5 Å². The number of amides is 2. The normalized spacial score (nSPS) is 12.3. The molecule has 7 nitrogen and oxygen atoms in total. The van der Waals surface area contributed by atoms with Gasteiger partial charge in [-0.2, -0.15) is 0 Å². The molecule has 0 aromatic heterocycles. The maximum Gasteiger partial charge on any atom is 0.242 e. The molecule has 1 N–H and O–H groups in total. The van der Waals surface area contributed by atoms with E-state index in [2.05, 4.69) is 5.32 Å². The molecule has 0 saturated carbocycles. The molecule has 2 aromatic rings. The van der Waals surface area contributed by atoms with Gasteiger partial charge in [-0.1, -0.05) is 35.9 Å². The molecule has 1 atom stereocenters. The van der Waals surface area contributed by atoms with E-state index in [-0.39, 0.29) is 49.4 Å². The highest BCUT2D eigenvalue weighted by molar-refractivity contribution is 7.92. The SMILES string of the molecule is CC(C)NC(=O)[C@@H](C)N(Cc1ccccc1F)C(=O)CCCN(c1cccc(Cl)c1)S(C)(=O)=O. The third kappa shape index (κ3) is 7.99. The van der Waals surface area contributed by atoms with Crippen molar-refractivity contribution in [2.45, 2.75) is 52.2 Å². The van der Waals surface area contributed by atoms with Gasteiger partial charge in [0.15, 0.2) is 0 Å². The van der Waals surface area contributed by atoms with Crippen molar-refractivity contribution >= 4 is 39.1 Å². The van der Waals surface area contributed by atoms with E-state index in [0.717, 1.165) is 6.26 Å². The summed E-state index contributed by atoms with van der Waals surface area (Å²) >= 11 is 6.00. The smallest absolute Gasteiger partial charge is 0.242 e. The third-order valence-corrected chi connectivity index (χ3v) is 6.57. The van der Waals surface area contributed by atoms with Crippen LogP contribution in [0.1, 0.15) is 39.2 Å². The van der Waals surface area contributed by atoms with Gasteiger partial charge in [-0.25, -0.2) is 12.8 Å². The average Bonchev–Trinajstić information content (AvgIpc) is 2.74. The molecule has 0 heterocycles. The number of carbonyl (C=O) groups excluding carboxylic acids is 2. The van der Waals surface area contributed by atoms with Crippen molar-refractivity contribution in [1.82, 2.24) is 10.2 Å². The molecule has 0 aliphatic heterocycles. The quantitative estimate of drug-likeness (QED) is 0.494. The fraction of sp³-hybridized carbons (Fsp3) is 0.417. The molecule has 0 fully saturated rings. The zero-order valence-electron chi connectivity index (χ0n) is 19.8. The van der Waals surface area contributed by atoms with Crippen molar-refractivity contribution in [3.8, 4) is 0 Å². The summed E-state index contributed by atoms with van der Waals surface area (Å²) in [4.78, 5) is 27.1. The second-order valence-corrected chi connectivity index (χ2v) is 10.7. The lowest BCUT2D eigenvalue weighted by molar-refractivity contribution is -0.140. The van der Waals surface area contributed by atoms with Crippen molar-refractivity contribution in [2.24, 2.45) is 0 Å². The van der Waals surface area contributed by atoms with Gasteiger partial charge in [0, 0.05) is 36.1 Å². The summed E-state index contributed by atoms with van der Waals surface area (Å²) in [6.45, 7) is 5.17. The predicted molar refractivity (Wildman–Crippen MR) is 133 cm³/mol. The van der Waals surface area contributed by atoms with E-state index in [1.165, 1.54) is 21.3 Å². The Morgan fingerprint density at radius 2 is 1.76 bits per heavy atom. The van der Waals surface area contributed by atoms with Crippen molar-refractivity contribution in [2.75, 3.05) is 17.1 Å². The van der Waals surface area contributed by atoms with Gasteiger partial charge in [0.05, 0.1) is 11.9 Å². The van der Waals surface area contributed by atoms with Crippen LogP contribution >= 0.6 is 11.6 Å². The molecule has 34 heavy (non-hydrogen) atoms. The monoisotopic (exact) mass is 511 g/mol. The summed E-state index contributed by atoms with van der Waals surface area (Å²) in [5.74, 6) is -1.20. The summed E-state index contributed by atoms with van der Waals surface area (Å²) in [6.07, 6.45) is 1.25. The molecule has 0 unspecified atom stereocenters. The summed E-state index contributed by atoms with van der Waals surface area (Å²) in [6, 6.07) is 11.6. The fourth-order valence-corrected chi connectivity index (χ4v) is 4.57. The lowest BCUT2D eigenvalue weighted by Gasteiger charge is -2.30. The first-order chi connectivity index (χ1) is 15.9. The number of nitrogens with one attached hydrogen (secondary N) is 1. The first-order valence-electron chi connectivity index (χ1n) is 11.0. The zero-order chi connectivity index (χ0) is 25.5. The Kier molecular flexibility index (Phi) is 9.88. The second kappa shape index (κ2) is 12.2. The highest BCUT2D eigenvalue weighted by Gasteiger charge is 2.27. The van der Waals surface area contributed by atoms with Gasteiger partial charge in [0.25, 0.3) is 0 Å². The van der Waals surface area contributed by atoms with E-state index in [1.807, 2.05) is 13.8 Å². The Labute approximate surface area is 205 Å². The number of nitrogens with zero attached hydrogens (tertiary/aromatic N) is 2. The van der Waals surface area contributed by atoms with Crippen molar-refractivity contribution in [1.29, 1.82) is 0 Å². The van der Waals surface area contributed by atoms with Crippen LogP contribution in [0.4, 0.5) is 10.1 Å². The molecule has 0 spiro atoms. The van der Waals surface area contributed by atoms with Gasteiger partial charge in [-0.3, -0.25) is 13.9 Å². The molecule has 0 aliphatic rings. The Bertz CT molecular complexity index is 1110. The number of hydrogen-bond donors (Lipinski definition) is 1. The predicted octanol–water partition coefficient (Wildman–Crippen LogP) is 3.97. The molecular formula is C24H31ClFN3O4S. The average molecular weight is 512 g/mol. The van der Waals surface area contributed by atoms with Gasteiger partial charge in [-0.15, -0.1) is 0 Å². The zero-order valence-corrected chi connectivity index (χ0v) is 21.4. The van der Waals surface area contributed by atoms with Crippen LogP contribution in [0, 0.1) is 5.82 Å². The van der Waals surface area contributed by atoms with Crippen LogP contribution in [0.3, 0.4) is 0 Å². The minimum absolute atomic E-state index is 0.0274. The number of carbonyl (C=O) groups is 2. The first kappa shape index (κ1) is 27.6. The molecule has 0 radical (unpaired) electrons. The molecule has 10 heteroatoms. The van der Waals surface area contributed by atoms with E-state index >= 15 is 0 Å². The molecule has 186 valence electrons. The second-order valence-electron chi connectivity index (χ2n) is 8.37. The van der Waals surface area contributed by atoms with Crippen LogP contribution in [0.5, 0.6) is 0 Å². The summed E-state index contributed by atoms with van der Waals surface area (Å²) in [5, 5.41) is 3.16. The van der Waals surface area contributed by atoms with Crippen LogP contribution < -0.4 is 9.62 Å². The molecule has 2 aromatic carbocycles. The molecular weight excluding hydrogens is 481 g/mol.